The Morgan fingerprint density at radius 3 is 2.20 bits per heavy atom. The Labute approximate surface area is 147 Å². The zero-order valence-corrected chi connectivity index (χ0v) is 14.9. The number of likely N-dealkylation sites (N-methyl/N-ethyl adjacent to an activating group) is 1. The van der Waals surface area contributed by atoms with Crippen LogP contribution < -0.4 is 0 Å². The third kappa shape index (κ3) is 2.76. The Bertz CT molecular complexity index is 937. The summed E-state index contributed by atoms with van der Waals surface area (Å²) in [5, 5.41) is 0. The van der Waals surface area contributed by atoms with Crippen molar-refractivity contribution < 1.29 is 18.0 Å². The van der Waals surface area contributed by atoms with Gasteiger partial charge < -0.3 is 0 Å². The van der Waals surface area contributed by atoms with Gasteiger partial charge in [-0.1, -0.05) is 36.4 Å². The van der Waals surface area contributed by atoms with Crippen LogP contribution in [0.5, 0.6) is 0 Å². The number of carbonyl (C=O) groups is 2. The highest BCUT2D eigenvalue weighted by molar-refractivity contribution is 7.91. The lowest BCUT2D eigenvalue weighted by molar-refractivity contribution is -0.133. The van der Waals surface area contributed by atoms with E-state index in [1.807, 2.05) is 0 Å². The van der Waals surface area contributed by atoms with Crippen LogP contribution in [0.1, 0.15) is 29.8 Å². The first-order valence-corrected chi connectivity index (χ1v) is 9.70. The molecule has 0 bridgehead atoms. The first kappa shape index (κ1) is 17.4. The fraction of sp³-hybridized carbons (Fsp3) is 0.263. The van der Waals surface area contributed by atoms with Crippen LogP contribution in [0.15, 0.2) is 59.5 Å². The molecule has 1 aliphatic rings. The van der Waals surface area contributed by atoms with Crippen molar-refractivity contribution in [3.8, 4) is 0 Å². The molecule has 1 unspecified atom stereocenters. The Hall–Kier alpha value is -2.47. The van der Waals surface area contributed by atoms with Gasteiger partial charge in [-0.2, -0.15) is 0 Å². The van der Waals surface area contributed by atoms with E-state index >= 15 is 0 Å². The molecule has 1 aliphatic heterocycles. The van der Waals surface area contributed by atoms with Gasteiger partial charge in [0.15, 0.2) is 9.84 Å². The maximum absolute atomic E-state index is 13.0. The average Bonchev–Trinajstić information content (AvgIpc) is 2.61. The molecule has 0 saturated heterocycles. The average molecular weight is 357 g/mol. The summed E-state index contributed by atoms with van der Waals surface area (Å²) in [5.74, 6) is -1.24. The highest BCUT2D eigenvalue weighted by Gasteiger charge is 2.49. The van der Waals surface area contributed by atoms with Crippen molar-refractivity contribution in [3.05, 3.63) is 65.7 Å². The van der Waals surface area contributed by atoms with Crippen molar-refractivity contribution in [1.82, 2.24) is 4.90 Å². The summed E-state index contributed by atoms with van der Waals surface area (Å²) < 4.78 is 25.8. The van der Waals surface area contributed by atoms with Gasteiger partial charge in [-0.05, 0) is 37.6 Å². The lowest BCUT2D eigenvalue weighted by Crippen LogP contribution is -2.55. The van der Waals surface area contributed by atoms with E-state index in [0.29, 0.717) is 11.1 Å². The van der Waals surface area contributed by atoms with Crippen LogP contribution in [0, 0.1) is 0 Å². The Kier molecular flexibility index (Phi) is 4.24. The van der Waals surface area contributed by atoms with Crippen molar-refractivity contribution in [2.75, 3.05) is 12.3 Å². The summed E-state index contributed by atoms with van der Waals surface area (Å²) in [5.41, 5.74) is -0.459. The maximum Gasteiger partial charge on any atom is 0.260 e. The minimum Gasteiger partial charge on any atom is -0.278 e. The van der Waals surface area contributed by atoms with E-state index in [0.717, 1.165) is 4.90 Å². The summed E-state index contributed by atoms with van der Waals surface area (Å²) in [4.78, 5) is 26.8. The van der Waals surface area contributed by atoms with Gasteiger partial charge in [0.05, 0.1) is 16.1 Å². The predicted molar refractivity (Wildman–Crippen MR) is 94.0 cm³/mol. The molecule has 6 heteroatoms. The van der Waals surface area contributed by atoms with Crippen molar-refractivity contribution in [3.63, 3.8) is 0 Å². The van der Waals surface area contributed by atoms with E-state index < -0.39 is 21.2 Å². The molecule has 2 amide bonds. The van der Waals surface area contributed by atoms with E-state index in [1.165, 1.54) is 12.1 Å². The summed E-state index contributed by atoms with van der Waals surface area (Å²) in [6, 6.07) is 14.8. The SMILES string of the molecule is CCN1C(=O)c2ccccc2C(C)(CS(=O)(=O)c2ccccc2)C1=O. The fourth-order valence-corrected chi connectivity index (χ4v) is 5.10. The zero-order chi connectivity index (χ0) is 18.2. The number of benzene rings is 2. The van der Waals surface area contributed by atoms with Crippen LogP contribution in [-0.2, 0) is 20.0 Å². The molecule has 1 atom stereocenters. The Balaban J connectivity index is 2.14. The van der Waals surface area contributed by atoms with E-state index in [-0.39, 0.29) is 23.1 Å². The summed E-state index contributed by atoms with van der Waals surface area (Å²) >= 11 is 0. The molecule has 0 radical (unpaired) electrons. The quantitative estimate of drug-likeness (QED) is 0.788. The molecule has 25 heavy (non-hydrogen) atoms. The number of hydrogen-bond acceptors (Lipinski definition) is 4. The first-order valence-electron chi connectivity index (χ1n) is 8.05. The number of fused-ring (bicyclic) bond motifs is 1. The van der Waals surface area contributed by atoms with E-state index in [9.17, 15) is 18.0 Å². The standard InChI is InChI=1S/C19H19NO4S/c1-3-20-17(21)15-11-7-8-12-16(15)19(2,18(20)22)13-25(23,24)14-9-5-4-6-10-14/h4-12H,3,13H2,1-2H3. The van der Waals surface area contributed by atoms with Crippen LogP contribution in [0.4, 0.5) is 0 Å². The van der Waals surface area contributed by atoms with Crippen LogP contribution in [0.2, 0.25) is 0 Å². The second kappa shape index (κ2) is 6.11. The molecule has 3 rings (SSSR count). The number of carbonyl (C=O) groups excluding carboxylic acids is 2. The second-order valence-electron chi connectivity index (χ2n) is 6.30. The topological polar surface area (TPSA) is 71.5 Å². The first-order chi connectivity index (χ1) is 11.8. The molecule has 2 aromatic rings. The predicted octanol–water partition coefficient (Wildman–Crippen LogP) is 2.42. The van der Waals surface area contributed by atoms with Gasteiger partial charge in [0.25, 0.3) is 5.91 Å². The smallest absolute Gasteiger partial charge is 0.260 e. The number of rotatable bonds is 4. The van der Waals surface area contributed by atoms with Crippen molar-refractivity contribution in [2.24, 2.45) is 0 Å². The maximum atomic E-state index is 13.0. The number of sulfone groups is 1. The van der Waals surface area contributed by atoms with E-state index in [2.05, 4.69) is 0 Å². The van der Waals surface area contributed by atoms with Crippen LogP contribution >= 0.6 is 0 Å². The number of hydrogen-bond donors (Lipinski definition) is 0. The van der Waals surface area contributed by atoms with Crippen LogP contribution in [-0.4, -0.2) is 37.4 Å². The van der Waals surface area contributed by atoms with Crippen molar-refractivity contribution in [1.29, 1.82) is 0 Å². The summed E-state index contributed by atoms with van der Waals surface area (Å²) in [7, 11) is -3.70. The second-order valence-corrected chi connectivity index (χ2v) is 8.29. The molecule has 2 aromatic carbocycles. The van der Waals surface area contributed by atoms with E-state index in [4.69, 9.17) is 0 Å². The van der Waals surface area contributed by atoms with Crippen LogP contribution in [0.25, 0.3) is 0 Å². The van der Waals surface area contributed by atoms with Crippen LogP contribution in [0.3, 0.4) is 0 Å². The molecule has 0 aromatic heterocycles. The number of imide groups is 1. The highest BCUT2D eigenvalue weighted by atomic mass is 32.2. The largest absolute Gasteiger partial charge is 0.278 e. The van der Waals surface area contributed by atoms with Gasteiger partial charge in [-0.15, -0.1) is 0 Å². The molecular weight excluding hydrogens is 338 g/mol. The minimum absolute atomic E-state index is 0.168. The molecule has 0 fully saturated rings. The third-order valence-corrected chi connectivity index (χ3v) is 6.56. The monoisotopic (exact) mass is 357 g/mol. The molecule has 0 N–H and O–H groups in total. The van der Waals surface area contributed by atoms with Gasteiger partial charge >= 0.3 is 0 Å². The van der Waals surface area contributed by atoms with Gasteiger partial charge in [-0.3, -0.25) is 14.5 Å². The summed E-state index contributed by atoms with van der Waals surface area (Å²) in [6.45, 7) is 3.51. The van der Waals surface area contributed by atoms with Gasteiger partial charge in [0.1, 0.15) is 0 Å². The van der Waals surface area contributed by atoms with Crippen molar-refractivity contribution in [2.45, 2.75) is 24.2 Å². The molecule has 130 valence electrons. The normalized spacial score (nSPS) is 20.5. The number of nitrogens with zero attached hydrogens (tertiary/aromatic N) is 1. The number of amides is 2. The Morgan fingerprint density at radius 2 is 1.56 bits per heavy atom. The summed E-state index contributed by atoms with van der Waals surface area (Å²) in [6.07, 6.45) is 0. The van der Waals surface area contributed by atoms with Crippen molar-refractivity contribution >= 4 is 21.7 Å². The van der Waals surface area contributed by atoms with Gasteiger partial charge in [0, 0.05) is 12.1 Å². The lowest BCUT2D eigenvalue weighted by atomic mass is 9.77. The molecule has 1 heterocycles. The zero-order valence-electron chi connectivity index (χ0n) is 14.1. The van der Waals surface area contributed by atoms with E-state index in [1.54, 1.807) is 56.3 Å². The molecule has 0 saturated carbocycles. The molecule has 0 aliphatic carbocycles. The minimum atomic E-state index is -3.70. The molecular formula is C19H19NO4S. The lowest BCUT2D eigenvalue weighted by Gasteiger charge is -2.39. The molecule has 5 nitrogen and oxygen atoms in total. The third-order valence-electron chi connectivity index (χ3n) is 4.61. The highest BCUT2D eigenvalue weighted by Crippen LogP contribution is 2.37. The fourth-order valence-electron chi connectivity index (χ4n) is 3.32. The molecule has 0 spiro atoms. The van der Waals surface area contributed by atoms with Gasteiger partial charge in [0.2, 0.25) is 5.91 Å². The van der Waals surface area contributed by atoms with Gasteiger partial charge in [-0.25, -0.2) is 8.42 Å². The Morgan fingerprint density at radius 1 is 0.960 bits per heavy atom.